The highest BCUT2D eigenvalue weighted by molar-refractivity contribution is 5.79. The number of ketones is 1. The first-order chi connectivity index (χ1) is 7.24. The summed E-state index contributed by atoms with van der Waals surface area (Å²) in [5.41, 5.74) is 1.18. The Morgan fingerprint density at radius 3 is 2.33 bits per heavy atom. The van der Waals surface area contributed by atoms with Gasteiger partial charge in [-0.15, -0.1) is 0 Å². The standard InChI is InChI=1S/C13H15FO/c14-12-5-1-10(2-6-12)9-11-3-7-13(15)8-4-11/h1-2,5-6,11H,3-4,7-9H2. The maximum atomic E-state index is 12.7. The van der Waals surface area contributed by atoms with Crippen LogP contribution < -0.4 is 0 Å². The minimum Gasteiger partial charge on any atom is -0.300 e. The predicted octanol–water partition coefficient (Wildman–Crippen LogP) is 3.13. The Morgan fingerprint density at radius 1 is 1.13 bits per heavy atom. The summed E-state index contributed by atoms with van der Waals surface area (Å²) in [6.45, 7) is 0. The van der Waals surface area contributed by atoms with Crippen LogP contribution in [0.3, 0.4) is 0 Å². The molecule has 1 aliphatic carbocycles. The predicted molar refractivity (Wildman–Crippen MR) is 57.1 cm³/mol. The third kappa shape index (κ3) is 2.88. The van der Waals surface area contributed by atoms with E-state index in [-0.39, 0.29) is 5.82 Å². The topological polar surface area (TPSA) is 17.1 Å². The molecule has 0 aliphatic heterocycles. The number of Topliss-reactive ketones (excluding diaryl/α,β-unsaturated/α-hetero) is 1. The molecule has 0 N–H and O–H groups in total. The fourth-order valence-corrected chi connectivity index (χ4v) is 2.16. The Labute approximate surface area is 89.3 Å². The first-order valence-corrected chi connectivity index (χ1v) is 5.50. The Morgan fingerprint density at radius 2 is 1.73 bits per heavy atom. The van der Waals surface area contributed by atoms with Crippen molar-refractivity contribution in [1.29, 1.82) is 0 Å². The van der Waals surface area contributed by atoms with E-state index in [1.165, 1.54) is 17.7 Å². The molecule has 1 aliphatic rings. The van der Waals surface area contributed by atoms with E-state index < -0.39 is 0 Å². The van der Waals surface area contributed by atoms with Crippen molar-refractivity contribution in [2.45, 2.75) is 32.1 Å². The quantitative estimate of drug-likeness (QED) is 0.726. The van der Waals surface area contributed by atoms with Crippen molar-refractivity contribution in [3.05, 3.63) is 35.6 Å². The molecule has 0 saturated heterocycles. The molecule has 0 heterocycles. The number of carbonyl (C=O) groups excluding carboxylic acids is 1. The van der Waals surface area contributed by atoms with Gasteiger partial charge in [-0.2, -0.15) is 0 Å². The van der Waals surface area contributed by atoms with Gasteiger partial charge in [-0.3, -0.25) is 4.79 Å². The number of hydrogen-bond donors (Lipinski definition) is 0. The molecule has 2 rings (SSSR count). The average molecular weight is 206 g/mol. The highest BCUT2D eigenvalue weighted by atomic mass is 19.1. The van der Waals surface area contributed by atoms with Crippen molar-refractivity contribution in [2.24, 2.45) is 5.92 Å². The second-order valence-electron chi connectivity index (χ2n) is 4.31. The van der Waals surface area contributed by atoms with E-state index in [2.05, 4.69) is 0 Å². The molecule has 1 saturated carbocycles. The lowest BCUT2D eigenvalue weighted by Gasteiger charge is -2.20. The van der Waals surface area contributed by atoms with E-state index in [1.54, 1.807) is 0 Å². The molecule has 1 fully saturated rings. The van der Waals surface area contributed by atoms with Crippen LogP contribution in [0.15, 0.2) is 24.3 Å². The van der Waals surface area contributed by atoms with Gasteiger partial charge in [0, 0.05) is 12.8 Å². The summed E-state index contributed by atoms with van der Waals surface area (Å²) in [5.74, 6) is 0.816. The Bertz CT molecular complexity index is 332. The highest BCUT2D eigenvalue weighted by Gasteiger charge is 2.18. The molecule has 0 spiro atoms. The van der Waals surface area contributed by atoms with Crippen LogP contribution in [0.25, 0.3) is 0 Å². The summed E-state index contributed by atoms with van der Waals surface area (Å²) in [6, 6.07) is 6.68. The molecule has 0 aromatic heterocycles. The van der Waals surface area contributed by atoms with Crippen molar-refractivity contribution in [3.8, 4) is 0 Å². The van der Waals surface area contributed by atoms with Crippen molar-refractivity contribution in [3.63, 3.8) is 0 Å². The molecule has 0 atom stereocenters. The molecule has 1 aromatic rings. The minimum absolute atomic E-state index is 0.183. The summed E-state index contributed by atoms with van der Waals surface area (Å²) >= 11 is 0. The molecule has 2 heteroatoms. The highest BCUT2D eigenvalue weighted by Crippen LogP contribution is 2.25. The van der Waals surface area contributed by atoms with Gasteiger partial charge in [-0.25, -0.2) is 4.39 Å². The van der Waals surface area contributed by atoms with E-state index in [0.717, 1.165) is 32.1 Å². The molecular weight excluding hydrogens is 191 g/mol. The number of halogens is 1. The van der Waals surface area contributed by atoms with Crippen LogP contribution in [0.1, 0.15) is 31.2 Å². The first kappa shape index (κ1) is 10.3. The number of hydrogen-bond acceptors (Lipinski definition) is 1. The SMILES string of the molecule is O=C1CCC(Cc2ccc(F)cc2)CC1. The largest absolute Gasteiger partial charge is 0.300 e. The van der Waals surface area contributed by atoms with Gasteiger partial charge in [0.05, 0.1) is 0 Å². The van der Waals surface area contributed by atoms with Crippen molar-refractivity contribution < 1.29 is 9.18 Å². The molecule has 0 radical (unpaired) electrons. The lowest BCUT2D eigenvalue weighted by atomic mass is 9.84. The Kier molecular flexibility index (Phi) is 3.14. The van der Waals surface area contributed by atoms with Crippen LogP contribution in [0.5, 0.6) is 0 Å². The van der Waals surface area contributed by atoms with Gasteiger partial charge in [0.1, 0.15) is 11.6 Å². The maximum Gasteiger partial charge on any atom is 0.132 e. The summed E-state index contributed by atoms with van der Waals surface area (Å²) < 4.78 is 12.7. The fraction of sp³-hybridized carbons (Fsp3) is 0.462. The summed E-state index contributed by atoms with van der Waals surface area (Å²) in [5, 5.41) is 0. The van der Waals surface area contributed by atoms with E-state index in [0.29, 0.717) is 11.7 Å². The summed E-state index contributed by atoms with van der Waals surface area (Å²) in [6.07, 6.45) is 4.43. The lowest BCUT2D eigenvalue weighted by molar-refractivity contribution is -0.120. The van der Waals surface area contributed by atoms with Gasteiger partial charge in [0.15, 0.2) is 0 Å². The second-order valence-corrected chi connectivity index (χ2v) is 4.31. The van der Waals surface area contributed by atoms with Gasteiger partial charge >= 0.3 is 0 Å². The van der Waals surface area contributed by atoms with E-state index in [1.807, 2.05) is 12.1 Å². The summed E-state index contributed by atoms with van der Waals surface area (Å²) in [7, 11) is 0. The zero-order valence-electron chi connectivity index (χ0n) is 8.71. The second kappa shape index (κ2) is 4.56. The van der Waals surface area contributed by atoms with Gasteiger partial charge in [-0.1, -0.05) is 12.1 Å². The van der Waals surface area contributed by atoms with Crippen molar-refractivity contribution in [1.82, 2.24) is 0 Å². The fourth-order valence-electron chi connectivity index (χ4n) is 2.16. The molecular formula is C13H15FO. The molecule has 1 nitrogen and oxygen atoms in total. The average Bonchev–Trinajstić information content (AvgIpc) is 2.25. The zero-order chi connectivity index (χ0) is 10.7. The van der Waals surface area contributed by atoms with E-state index in [9.17, 15) is 9.18 Å². The van der Waals surface area contributed by atoms with E-state index in [4.69, 9.17) is 0 Å². The minimum atomic E-state index is -0.183. The van der Waals surface area contributed by atoms with Crippen molar-refractivity contribution in [2.75, 3.05) is 0 Å². The van der Waals surface area contributed by atoms with Crippen molar-refractivity contribution >= 4 is 5.78 Å². The van der Waals surface area contributed by atoms with Crippen LogP contribution in [0.2, 0.25) is 0 Å². The van der Waals surface area contributed by atoms with E-state index >= 15 is 0 Å². The van der Waals surface area contributed by atoms with Gasteiger partial charge < -0.3 is 0 Å². The zero-order valence-corrected chi connectivity index (χ0v) is 8.71. The monoisotopic (exact) mass is 206 g/mol. The van der Waals surface area contributed by atoms with Crippen LogP contribution in [-0.4, -0.2) is 5.78 Å². The smallest absolute Gasteiger partial charge is 0.132 e. The number of carbonyl (C=O) groups is 1. The molecule has 0 unspecified atom stereocenters. The van der Waals surface area contributed by atoms with Crippen LogP contribution in [-0.2, 0) is 11.2 Å². The van der Waals surface area contributed by atoms with Gasteiger partial charge in [-0.05, 0) is 42.9 Å². The number of rotatable bonds is 2. The molecule has 0 amide bonds. The van der Waals surface area contributed by atoms with Gasteiger partial charge in [0.25, 0.3) is 0 Å². The molecule has 1 aromatic carbocycles. The number of benzene rings is 1. The lowest BCUT2D eigenvalue weighted by Crippen LogP contribution is -2.15. The third-order valence-corrected chi connectivity index (χ3v) is 3.10. The van der Waals surface area contributed by atoms with Crippen LogP contribution >= 0.6 is 0 Å². The molecule has 15 heavy (non-hydrogen) atoms. The van der Waals surface area contributed by atoms with Crippen LogP contribution in [0.4, 0.5) is 4.39 Å². The summed E-state index contributed by atoms with van der Waals surface area (Å²) in [4.78, 5) is 11.1. The Balaban J connectivity index is 1.91. The Hall–Kier alpha value is -1.18. The molecule has 0 bridgehead atoms. The van der Waals surface area contributed by atoms with Crippen LogP contribution in [0, 0.1) is 11.7 Å². The molecule has 80 valence electrons. The maximum absolute atomic E-state index is 12.7. The van der Waals surface area contributed by atoms with Gasteiger partial charge in [0.2, 0.25) is 0 Å². The third-order valence-electron chi connectivity index (χ3n) is 3.10. The first-order valence-electron chi connectivity index (χ1n) is 5.50. The normalized spacial score (nSPS) is 18.1.